The van der Waals surface area contributed by atoms with Crippen molar-refractivity contribution < 1.29 is 19.1 Å². The fourth-order valence-electron chi connectivity index (χ4n) is 2.72. The Labute approximate surface area is 148 Å². The number of nitrogens with zero attached hydrogens (tertiary/aromatic N) is 1. The maximum absolute atomic E-state index is 12.7. The second-order valence-electron chi connectivity index (χ2n) is 8.45. The van der Waals surface area contributed by atoms with E-state index in [0.29, 0.717) is 17.5 Å². The van der Waals surface area contributed by atoms with Crippen LogP contribution < -0.4 is 5.32 Å². The lowest BCUT2D eigenvalue weighted by Gasteiger charge is -2.33. The Hall–Kier alpha value is -2.37. The van der Waals surface area contributed by atoms with Crippen LogP contribution in [0.15, 0.2) is 24.3 Å². The lowest BCUT2D eigenvalue weighted by Crippen LogP contribution is -2.53. The maximum atomic E-state index is 12.7. The van der Waals surface area contributed by atoms with Crippen molar-refractivity contribution in [2.75, 3.05) is 0 Å². The Morgan fingerprint density at radius 3 is 1.92 bits per heavy atom. The van der Waals surface area contributed by atoms with Gasteiger partial charge in [0.2, 0.25) is 0 Å². The Balaban J connectivity index is 2.29. The first-order chi connectivity index (χ1) is 11.4. The largest absolute Gasteiger partial charge is 0.444 e. The quantitative estimate of drug-likeness (QED) is 0.849. The smallest absolute Gasteiger partial charge is 0.409 e. The van der Waals surface area contributed by atoms with Crippen molar-refractivity contribution in [3.63, 3.8) is 0 Å². The summed E-state index contributed by atoms with van der Waals surface area (Å²) in [6, 6.07) is 6.68. The standard InChI is InChI=1S/C19H26N2O4/c1-18(2,3)11-14(20-17(24)25-19(4,5)6)21-15(22)12-9-7-8-10-13(12)16(21)23/h7-10,14H,11H2,1-6H3,(H,20,24)/t14-/m1/s1. The summed E-state index contributed by atoms with van der Waals surface area (Å²) in [6.45, 7) is 11.2. The Morgan fingerprint density at radius 2 is 1.52 bits per heavy atom. The van der Waals surface area contributed by atoms with Crippen molar-refractivity contribution in [3.8, 4) is 0 Å². The van der Waals surface area contributed by atoms with E-state index in [4.69, 9.17) is 4.74 Å². The molecule has 0 unspecified atom stereocenters. The predicted molar refractivity (Wildman–Crippen MR) is 94.2 cm³/mol. The average molecular weight is 346 g/mol. The maximum Gasteiger partial charge on any atom is 0.409 e. The van der Waals surface area contributed by atoms with E-state index >= 15 is 0 Å². The molecule has 1 N–H and O–H groups in total. The molecule has 0 aliphatic carbocycles. The third-order valence-corrected chi connectivity index (χ3v) is 3.63. The number of rotatable bonds is 3. The minimum atomic E-state index is -0.776. The number of carbonyl (C=O) groups is 3. The molecule has 1 aromatic carbocycles. The van der Waals surface area contributed by atoms with Crippen molar-refractivity contribution >= 4 is 17.9 Å². The van der Waals surface area contributed by atoms with Gasteiger partial charge < -0.3 is 10.1 Å². The van der Waals surface area contributed by atoms with Crippen LogP contribution in [-0.4, -0.2) is 34.6 Å². The summed E-state index contributed by atoms with van der Waals surface area (Å²) in [7, 11) is 0. The Bertz CT molecular complexity index is 663. The van der Waals surface area contributed by atoms with Crippen molar-refractivity contribution in [3.05, 3.63) is 35.4 Å². The topological polar surface area (TPSA) is 75.7 Å². The monoisotopic (exact) mass is 346 g/mol. The van der Waals surface area contributed by atoms with Gasteiger partial charge in [0.25, 0.3) is 11.8 Å². The summed E-state index contributed by atoms with van der Waals surface area (Å²) in [5.74, 6) is -0.795. The molecular weight excluding hydrogens is 320 g/mol. The second-order valence-corrected chi connectivity index (χ2v) is 8.45. The molecule has 1 aromatic rings. The molecule has 1 aliphatic heterocycles. The second kappa shape index (κ2) is 6.50. The van der Waals surface area contributed by atoms with Gasteiger partial charge in [-0.2, -0.15) is 0 Å². The van der Waals surface area contributed by atoms with E-state index in [2.05, 4.69) is 5.32 Å². The normalized spacial score (nSPS) is 15.8. The van der Waals surface area contributed by atoms with Crippen LogP contribution in [-0.2, 0) is 4.74 Å². The van der Waals surface area contributed by atoms with Gasteiger partial charge in [0.1, 0.15) is 11.8 Å². The minimum absolute atomic E-state index is 0.213. The van der Waals surface area contributed by atoms with Gasteiger partial charge in [0, 0.05) is 0 Å². The molecule has 0 bridgehead atoms. The highest BCUT2D eigenvalue weighted by Gasteiger charge is 2.42. The summed E-state index contributed by atoms with van der Waals surface area (Å²) >= 11 is 0. The highest BCUT2D eigenvalue weighted by atomic mass is 16.6. The molecule has 1 heterocycles. The molecule has 6 nitrogen and oxygen atoms in total. The SMILES string of the molecule is CC(C)(C)C[C@H](NC(=O)OC(C)(C)C)N1C(=O)c2ccccc2C1=O. The summed E-state index contributed by atoms with van der Waals surface area (Å²) < 4.78 is 5.29. The van der Waals surface area contributed by atoms with E-state index in [-0.39, 0.29) is 5.41 Å². The van der Waals surface area contributed by atoms with E-state index in [1.54, 1.807) is 45.0 Å². The molecule has 136 valence electrons. The predicted octanol–water partition coefficient (Wildman–Crippen LogP) is 3.57. The molecule has 0 radical (unpaired) electrons. The van der Waals surface area contributed by atoms with Gasteiger partial charge in [-0.25, -0.2) is 4.79 Å². The zero-order chi connectivity index (χ0) is 19.0. The highest BCUT2D eigenvalue weighted by molar-refractivity contribution is 6.21. The summed E-state index contributed by atoms with van der Waals surface area (Å²) in [5, 5.41) is 2.69. The van der Waals surface area contributed by atoms with Crippen LogP contribution in [0.2, 0.25) is 0 Å². The van der Waals surface area contributed by atoms with Crippen LogP contribution in [0.1, 0.15) is 68.7 Å². The third-order valence-electron chi connectivity index (χ3n) is 3.63. The van der Waals surface area contributed by atoms with Crippen LogP contribution in [0.3, 0.4) is 0 Å². The fraction of sp³-hybridized carbons (Fsp3) is 0.526. The third kappa shape index (κ3) is 4.59. The van der Waals surface area contributed by atoms with Crippen LogP contribution >= 0.6 is 0 Å². The number of amides is 3. The first-order valence-electron chi connectivity index (χ1n) is 8.35. The molecule has 3 amide bonds. The number of nitrogens with one attached hydrogen (secondary N) is 1. The molecule has 25 heavy (non-hydrogen) atoms. The van der Waals surface area contributed by atoms with Gasteiger partial charge in [0.15, 0.2) is 0 Å². The molecule has 0 saturated heterocycles. The van der Waals surface area contributed by atoms with Gasteiger partial charge in [0.05, 0.1) is 11.1 Å². The van der Waals surface area contributed by atoms with E-state index in [0.717, 1.165) is 4.90 Å². The molecule has 2 rings (SSSR count). The fourth-order valence-corrected chi connectivity index (χ4v) is 2.72. The summed E-state index contributed by atoms with van der Waals surface area (Å²) in [5.41, 5.74) is -0.164. The summed E-state index contributed by atoms with van der Waals surface area (Å²) in [6.07, 6.45) is -1.02. The molecular formula is C19H26N2O4. The number of alkyl carbamates (subject to hydrolysis) is 1. The van der Waals surface area contributed by atoms with Crippen LogP contribution in [0.4, 0.5) is 4.79 Å². The van der Waals surface area contributed by atoms with Crippen molar-refractivity contribution in [2.24, 2.45) is 5.41 Å². The molecule has 0 saturated carbocycles. The molecule has 0 aromatic heterocycles. The molecule has 1 aliphatic rings. The zero-order valence-corrected chi connectivity index (χ0v) is 15.7. The Morgan fingerprint density at radius 1 is 1.04 bits per heavy atom. The van der Waals surface area contributed by atoms with Gasteiger partial charge in [-0.3, -0.25) is 14.5 Å². The molecule has 0 fully saturated rings. The van der Waals surface area contributed by atoms with Crippen LogP contribution in [0, 0.1) is 5.41 Å². The van der Waals surface area contributed by atoms with Gasteiger partial charge >= 0.3 is 6.09 Å². The highest BCUT2D eigenvalue weighted by Crippen LogP contribution is 2.29. The number of ether oxygens (including phenoxy) is 1. The lowest BCUT2D eigenvalue weighted by atomic mass is 9.90. The first kappa shape index (κ1) is 19.0. The van der Waals surface area contributed by atoms with E-state index in [1.165, 1.54) is 0 Å². The van der Waals surface area contributed by atoms with Gasteiger partial charge in [-0.1, -0.05) is 32.9 Å². The molecule has 1 atom stereocenters. The van der Waals surface area contributed by atoms with E-state index in [1.807, 2.05) is 20.8 Å². The summed E-state index contributed by atoms with van der Waals surface area (Å²) in [4.78, 5) is 38.8. The van der Waals surface area contributed by atoms with E-state index < -0.39 is 29.7 Å². The molecule has 6 heteroatoms. The Kier molecular flexibility index (Phi) is 4.93. The van der Waals surface area contributed by atoms with Crippen molar-refractivity contribution in [1.82, 2.24) is 10.2 Å². The number of benzene rings is 1. The zero-order valence-electron chi connectivity index (χ0n) is 15.7. The van der Waals surface area contributed by atoms with Crippen LogP contribution in [0.5, 0.6) is 0 Å². The first-order valence-corrected chi connectivity index (χ1v) is 8.35. The van der Waals surface area contributed by atoms with Crippen molar-refractivity contribution in [2.45, 2.75) is 59.7 Å². The minimum Gasteiger partial charge on any atom is -0.444 e. The van der Waals surface area contributed by atoms with E-state index in [9.17, 15) is 14.4 Å². The molecule has 0 spiro atoms. The number of carbonyl (C=O) groups excluding carboxylic acids is 3. The average Bonchev–Trinajstić information content (AvgIpc) is 2.67. The number of hydrogen-bond acceptors (Lipinski definition) is 4. The van der Waals surface area contributed by atoms with Crippen LogP contribution in [0.25, 0.3) is 0 Å². The van der Waals surface area contributed by atoms with Gasteiger partial charge in [-0.05, 0) is 44.7 Å². The number of fused-ring (bicyclic) bond motifs is 1. The van der Waals surface area contributed by atoms with Crippen molar-refractivity contribution in [1.29, 1.82) is 0 Å². The number of hydrogen-bond donors (Lipinski definition) is 1. The lowest BCUT2D eigenvalue weighted by molar-refractivity contribution is 0.0345. The van der Waals surface area contributed by atoms with Gasteiger partial charge in [-0.15, -0.1) is 0 Å². The number of imide groups is 1.